The van der Waals surface area contributed by atoms with Gasteiger partial charge in [0.25, 0.3) is 0 Å². The summed E-state index contributed by atoms with van der Waals surface area (Å²) in [6, 6.07) is 53.7. The first-order chi connectivity index (χ1) is 22.5. The molecular formula is C41H32O3P2. The molecule has 0 amide bonds. The molecule has 0 saturated heterocycles. The summed E-state index contributed by atoms with van der Waals surface area (Å²) in [5.74, 6) is 0.969. The molecule has 0 radical (unpaired) electrons. The van der Waals surface area contributed by atoms with Crippen LogP contribution in [0.2, 0.25) is 0 Å². The van der Waals surface area contributed by atoms with Crippen molar-refractivity contribution in [3.05, 3.63) is 197 Å². The third-order valence-corrected chi connectivity index (χ3v) is 15.7. The zero-order valence-electron chi connectivity index (χ0n) is 25.4. The molecular weight excluding hydrogens is 602 g/mol. The van der Waals surface area contributed by atoms with E-state index < -0.39 is 14.3 Å². The molecule has 0 atom stereocenters. The minimum atomic E-state index is -3.87. The Morgan fingerprint density at radius 2 is 0.935 bits per heavy atom. The Morgan fingerprint density at radius 1 is 0.500 bits per heavy atom. The molecule has 6 aromatic rings. The summed E-state index contributed by atoms with van der Waals surface area (Å²) in [4.78, 5) is 0. The molecule has 0 aliphatic carbocycles. The van der Waals surface area contributed by atoms with Crippen molar-refractivity contribution in [3.8, 4) is 0 Å². The number of rotatable bonds is 7. The van der Waals surface area contributed by atoms with Gasteiger partial charge in [0.05, 0.1) is 0 Å². The second kappa shape index (κ2) is 12.5. The van der Waals surface area contributed by atoms with Crippen LogP contribution in [-0.4, -0.2) is 0 Å². The Hall–Kier alpha value is -4.94. The largest absolute Gasteiger partial charge is 0.455 e. The van der Waals surface area contributed by atoms with Crippen LogP contribution in [0.5, 0.6) is 0 Å². The first-order valence-electron chi connectivity index (χ1n) is 15.2. The third kappa shape index (κ3) is 5.23. The van der Waals surface area contributed by atoms with Crippen LogP contribution >= 0.6 is 14.3 Å². The molecule has 3 nitrogen and oxygen atoms in total. The monoisotopic (exact) mass is 634 g/mol. The first kappa shape index (κ1) is 29.8. The summed E-state index contributed by atoms with van der Waals surface area (Å²) >= 11 is 0. The summed E-state index contributed by atoms with van der Waals surface area (Å²) in [7, 11) is -7.75. The third-order valence-electron chi connectivity index (χ3n) is 8.29. The van der Waals surface area contributed by atoms with E-state index in [0.717, 1.165) is 22.3 Å². The highest BCUT2D eigenvalue weighted by Crippen LogP contribution is 2.72. The molecule has 0 N–H and O–H groups in total. The van der Waals surface area contributed by atoms with E-state index in [1.807, 2.05) is 177 Å². The van der Waals surface area contributed by atoms with E-state index in [2.05, 4.69) is 6.07 Å². The Bertz CT molecular complexity index is 1990. The summed E-state index contributed by atoms with van der Waals surface area (Å²) in [5.41, 5.74) is 3.62. The van der Waals surface area contributed by atoms with Gasteiger partial charge in [-0.3, -0.25) is 0 Å². The molecule has 6 aromatic carbocycles. The van der Waals surface area contributed by atoms with Gasteiger partial charge in [0.1, 0.15) is 10.8 Å². The van der Waals surface area contributed by atoms with Gasteiger partial charge in [-0.05, 0) is 24.6 Å². The SMILES string of the molecule is Cc1cccc(C2=Cc3ccccc3C(=C(P(=O)(c3ccccc3)c3ccccc3)P(=O)(c3ccccc3)c3ccccc3)O2)c1. The molecule has 0 unspecified atom stereocenters. The quantitative estimate of drug-likeness (QED) is 0.165. The maximum absolute atomic E-state index is 16.6. The van der Waals surface area contributed by atoms with E-state index >= 15 is 9.13 Å². The molecule has 46 heavy (non-hydrogen) atoms. The molecule has 0 spiro atoms. The highest BCUT2D eigenvalue weighted by atomic mass is 31.2. The van der Waals surface area contributed by atoms with Crippen molar-refractivity contribution in [2.45, 2.75) is 6.92 Å². The second-order valence-corrected chi connectivity index (χ2v) is 17.0. The maximum atomic E-state index is 16.6. The lowest BCUT2D eigenvalue weighted by Crippen LogP contribution is -2.25. The van der Waals surface area contributed by atoms with Gasteiger partial charge in [-0.2, -0.15) is 0 Å². The molecule has 0 saturated carbocycles. The van der Waals surface area contributed by atoms with Crippen LogP contribution in [0, 0.1) is 6.92 Å². The van der Waals surface area contributed by atoms with Gasteiger partial charge in [-0.25, -0.2) is 0 Å². The number of fused-ring (bicyclic) bond motifs is 1. The Kier molecular flexibility index (Phi) is 8.05. The lowest BCUT2D eigenvalue weighted by molar-refractivity contribution is 0.469. The maximum Gasteiger partial charge on any atom is 0.178 e. The first-order valence-corrected chi connectivity index (χ1v) is 18.6. The van der Waals surface area contributed by atoms with E-state index in [-0.39, 0.29) is 0 Å². The zero-order chi connectivity index (χ0) is 31.6. The Morgan fingerprint density at radius 3 is 1.39 bits per heavy atom. The fourth-order valence-corrected chi connectivity index (χ4v) is 13.9. The van der Waals surface area contributed by atoms with Crippen LogP contribution in [-0.2, 0) is 13.9 Å². The van der Waals surface area contributed by atoms with Crippen molar-refractivity contribution in [2.75, 3.05) is 0 Å². The molecule has 1 heterocycles. The van der Waals surface area contributed by atoms with Crippen molar-refractivity contribution >= 4 is 53.1 Å². The fraction of sp³-hybridized carbons (Fsp3) is 0.0244. The van der Waals surface area contributed by atoms with Crippen molar-refractivity contribution in [1.29, 1.82) is 0 Å². The average molecular weight is 635 g/mol. The molecule has 0 bridgehead atoms. The smallest absolute Gasteiger partial charge is 0.178 e. The van der Waals surface area contributed by atoms with Gasteiger partial charge in [-0.1, -0.05) is 169 Å². The minimum Gasteiger partial charge on any atom is -0.455 e. The topological polar surface area (TPSA) is 43.4 Å². The molecule has 1 aliphatic rings. The number of hydrogen-bond acceptors (Lipinski definition) is 3. The van der Waals surface area contributed by atoms with Gasteiger partial charge in [-0.15, -0.1) is 0 Å². The molecule has 0 aromatic heterocycles. The number of ether oxygens (including phenoxy) is 1. The molecule has 224 valence electrons. The molecule has 0 fully saturated rings. The van der Waals surface area contributed by atoms with Crippen LogP contribution in [0.1, 0.15) is 22.3 Å². The van der Waals surface area contributed by atoms with Crippen LogP contribution in [0.4, 0.5) is 0 Å². The molecule has 7 rings (SSSR count). The molecule has 1 aliphatic heterocycles. The van der Waals surface area contributed by atoms with Crippen LogP contribution in [0.25, 0.3) is 17.6 Å². The predicted octanol–water partition coefficient (Wildman–Crippen LogP) is 9.18. The van der Waals surface area contributed by atoms with Crippen LogP contribution in [0.3, 0.4) is 0 Å². The number of hydrogen-bond donors (Lipinski definition) is 0. The minimum absolute atomic E-state index is 0.292. The van der Waals surface area contributed by atoms with Crippen molar-refractivity contribution in [3.63, 3.8) is 0 Å². The van der Waals surface area contributed by atoms with Crippen molar-refractivity contribution < 1.29 is 13.9 Å². The highest BCUT2D eigenvalue weighted by Gasteiger charge is 2.48. The molecule has 5 heteroatoms. The van der Waals surface area contributed by atoms with E-state index in [1.54, 1.807) is 0 Å². The highest BCUT2D eigenvalue weighted by molar-refractivity contribution is 8.00. The Balaban J connectivity index is 1.68. The van der Waals surface area contributed by atoms with Gasteiger partial charge in [0, 0.05) is 32.3 Å². The lowest BCUT2D eigenvalue weighted by Gasteiger charge is -2.33. The van der Waals surface area contributed by atoms with E-state index in [4.69, 9.17) is 4.74 Å². The summed E-state index contributed by atoms with van der Waals surface area (Å²) < 4.78 is 40.2. The van der Waals surface area contributed by atoms with Crippen LogP contribution in [0.15, 0.2) is 175 Å². The standard InChI is InChI=1S/C41H32O3P2/c1-31-17-16-19-33(29-31)39-30-32-18-14-15-28-38(32)40(44-39)41(45(42,34-20-6-2-7-21-34)35-22-8-3-9-23-35)46(43,36-24-10-4-11-25-36)37-26-12-5-13-27-37/h2-30H,1H3. The van der Waals surface area contributed by atoms with Crippen LogP contribution < -0.4 is 21.2 Å². The zero-order valence-corrected chi connectivity index (χ0v) is 27.2. The summed E-state index contributed by atoms with van der Waals surface area (Å²) in [6.45, 7) is 2.04. The van der Waals surface area contributed by atoms with E-state index in [1.165, 1.54) is 0 Å². The van der Waals surface area contributed by atoms with Gasteiger partial charge >= 0.3 is 0 Å². The van der Waals surface area contributed by atoms with Gasteiger partial charge in [0.2, 0.25) is 0 Å². The van der Waals surface area contributed by atoms with Gasteiger partial charge in [0.15, 0.2) is 20.0 Å². The van der Waals surface area contributed by atoms with Crippen molar-refractivity contribution in [1.82, 2.24) is 0 Å². The normalized spacial score (nSPS) is 12.9. The summed E-state index contributed by atoms with van der Waals surface area (Å²) in [6.07, 6.45) is 2.01. The fourth-order valence-electron chi connectivity index (χ4n) is 6.10. The predicted molar refractivity (Wildman–Crippen MR) is 193 cm³/mol. The van der Waals surface area contributed by atoms with E-state index in [9.17, 15) is 0 Å². The van der Waals surface area contributed by atoms with Gasteiger partial charge < -0.3 is 13.9 Å². The number of aryl methyl sites for hydroxylation is 1. The van der Waals surface area contributed by atoms with E-state index in [0.29, 0.717) is 37.8 Å². The Labute approximate surface area is 270 Å². The average Bonchev–Trinajstić information content (AvgIpc) is 3.13. The van der Waals surface area contributed by atoms with Crippen molar-refractivity contribution in [2.24, 2.45) is 0 Å². The lowest BCUT2D eigenvalue weighted by atomic mass is 10.0. The number of benzene rings is 6. The second-order valence-electron chi connectivity index (χ2n) is 11.3. The summed E-state index contributed by atoms with van der Waals surface area (Å²) in [5, 5.41) is 2.64.